The molecule has 1 saturated carbocycles. The van der Waals surface area contributed by atoms with Gasteiger partial charge in [-0.25, -0.2) is 4.99 Å². The number of hydrogen-bond acceptors (Lipinski definition) is 4. The predicted octanol–water partition coefficient (Wildman–Crippen LogP) is 3.74. The molecule has 1 aliphatic rings. The highest BCUT2D eigenvalue weighted by Gasteiger charge is 2.14. The largest absolute Gasteiger partial charge is 0.493 e. The Labute approximate surface area is 163 Å². The van der Waals surface area contributed by atoms with Gasteiger partial charge in [0.05, 0.1) is 27.9 Å². The fraction of sp³-hybridized carbons (Fsp3) is 0.667. The minimum Gasteiger partial charge on any atom is -0.493 e. The Hall–Kier alpha value is -2.11. The second-order valence-electron chi connectivity index (χ2n) is 6.95. The Balaban J connectivity index is 1.94. The third-order valence-corrected chi connectivity index (χ3v) is 5.04. The molecule has 1 aliphatic carbocycles. The van der Waals surface area contributed by atoms with E-state index in [0.717, 1.165) is 30.5 Å². The van der Waals surface area contributed by atoms with Gasteiger partial charge in [-0.2, -0.15) is 0 Å². The molecule has 0 amide bonds. The molecule has 2 N–H and O–H groups in total. The van der Waals surface area contributed by atoms with Crippen molar-refractivity contribution in [2.75, 3.05) is 34.4 Å². The Morgan fingerprint density at radius 3 is 2.26 bits per heavy atom. The highest BCUT2D eigenvalue weighted by molar-refractivity contribution is 5.79. The minimum absolute atomic E-state index is 0.536. The maximum Gasteiger partial charge on any atom is 0.203 e. The van der Waals surface area contributed by atoms with E-state index in [9.17, 15) is 0 Å². The maximum absolute atomic E-state index is 5.42. The molecule has 1 aromatic carbocycles. The summed E-state index contributed by atoms with van der Waals surface area (Å²) in [5.41, 5.74) is 1.01. The predicted molar refractivity (Wildman–Crippen MR) is 110 cm³/mol. The maximum atomic E-state index is 5.42. The van der Waals surface area contributed by atoms with Crippen LogP contribution < -0.4 is 24.8 Å². The molecule has 152 valence electrons. The lowest BCUT2D eigenvalue weighted by Crippen LogP contribution is -2.37. The normalized spacial score (nSPS) is 14.9. The number of hydrogen-bond donors (Lipinski definition) is 2. The second kappa shape index (κ2) is 11.6. The quantitative estimate of drug-likeness (QED) is 0.369. The van der Waals surface area contributed by atoms with E-state index in [-0.39, 0.29) is 0 Å². The summed E-state index contributed by atoms with van der Waals surface area (Å²) in [7, 11) is 4.86. The first-order chi connectivity index (χ1) is 13.2. The third-order valence-electron chi connectivity index (χ3n) is 5.04. The summed E-state index contributed by atoms with van der Waals surface area (Å²) in [6.07, 6.45) is 8.16. The number of aliphatic imine (C=N–C) groups is 1. The van der Waals surface area contributed by atoms with E-state index in [1.165, 1.54) is 38.5 Å². The topological polar surface area (TPSA) is 64.1 Å². The summed E-state index contributed by atoms with van der Waals surface area (Å²) in [6, 6.07) is 3.88. The molecule has 0 aromatic heterocycles. The van der Waals surface area contributed by atoms with Gasteiger partial charge in [0.1, 0.15) is 0 Å². The zero-order chi connectivity index (χ0) is 19.5. The highest BCUT2D eigenvalue weighted by atomic mass is 16.5. The zero-order valence-electron chi connectivity index (χ0n) is 17.3. The van der Waals surface area contributed by atoms with Gasteiger partial charge in [0.25, 0.3) is 0 Å². The molecule has 27 heavy (non-hydrogen) atoms. The monoisotopic (exact) mass is 377 g/mol. The first-order valence-electron chi connectivity index (χ1n) is 10.0. The first kappa shape index (κ1) is 21.2. The van der Waals surface area contributed by atoms with Crippen molar-refractivity contribution in [3.05, 3.63) is 17.7 Å². The van der Waals surface area contributed by atoms with Crippen molar-refractivity contribution < 1.29 is 14.2 Å². The van der Waals surface area contributed by atoms with E-state index in [1.54, 1.807) is 21.3 Å². The van der Waals surface area contributed by atoms with Gasteiger partial charge in [-0.15, -0.1) is 0 Å². The molecule has 0 heterocycles. The summed E-state index contributed by atoms with van der Waals surface area (Å²) >= 11 is 0. The van der Waals surface area contributed by atoms with Crippen LogP contribution in [0.25, 0.3) is 0 Å². The van der Waals surface area contributed by atoms with Crippen LogP contribution in [0.1, 0.15) is 51.0 Å². The van der Waals surface area contributed by atoms with Crippen LogP contribution in [-0.2, 0) is 6.54 Å². The van der Waals surface area contributed by atoms with E-state index in [0.29, 0.717) is 23.8 Å². The van der Waals surface area contributed by atoms with Crippen LogP contribution in [0.15, 0.2) is 17.1 Å². The molecule has 1 aromatic rings. The average molecular weight is 378 g/mol. The molecule has 0 spiro atoms. The molecule has 0 aliphatic heterocycles. The van der Waals surface area contributed by atoms with Crippen molar-refractivity contribution >= 4 is 5.96 Å². The first-order valence-corrected chi connectivity index (χ1v) is 10.0. The van der Waals surface area contributed by atoms with Crippen LogP contribution in [0, 0.1) is 5.92 Å². The number of ether oxygens (including phenoxy) is 3. The molecule has 0 atom stereocenters. The van der Waals surface area contributed by atoms with Gasteiger partial charge in [0.15, 0.2) is 17.5 Å². The van der Waals surface area contributed by atoms with Crippen LogP contribution in [-0.4, -0.2) is 40.4 Å². The lowest BCUT2D eigenvalue weighted by Gasteiger charge is -2.15. The van der Waals surface area contributed by atoms with Crippen LogP contribution in [0.2, 0.25) is 0 Å². The standard InChI is InChI=1S/C21H35N3O3/c1-5-22-21(23-12-8-11-16-9-6-7-10-16)24-15-17-13-18(25-2)20(27-4)19(14-17)26-3/h13-14,16H,5-12,15H2,1-4H3,(H2,22,23,24). The summed E-state index contributed by atoms with van der Waals surface area (Å²) in [4.78, 5) is 4.70. The summed E-state index contributed by atoms with van der Waals surface area (Å²) in [5.74, 6) is 3.68. The van der Waals surface area contributed by atoms with Crippen molar-refractivity contribution in [1.82, 2.24) is 10.6 Å². The highest BCUT2D eigenvalue weighted by Crippen LogP contribution is 2.38. The van der Waals surface area contributed by atoms with Crippen molar-refractivity contribution in [2.45, 2.75) is 52.0 Å². The van der Waals surface area contributed by atoms with Crippen LogP contribution in [0.5, 0.6) is 17.2 Å². The van der Waals surface area contributed by atoms with E-state index >= 15 is 0 Å². The minimum atomic E-state index is 0.536. The van der Waals surface area contributed by atoms with Gasteiger partial charge >= 0.3 is 0 Å². The van der Waals surface area contributed by atoms with Gasteiger partial charge in [0, 0.05) is 13.1 Å². The van der Waals surface area contributed by atoms with Crippen LogP contribution in [0.3, 0.4) is 0 Å². The number of methoxy groups -OCH3 is 3. The summed E-state index contributed by atoms with van der Waals surface area (Å²) < 4.78 is 16.2. The lowest BCUT2D eigenvalue weighted by molar-refractivity contribution is 0.324. The second-order valence-corrected chi connectivity index (χ2v) is 6.95. The lowest BCUT2D eigenvalue weighted by atomic mass is 10.0. The van der Waals surface area contributed by atoms with Crippen molar-refractivity contribution in [3.63, 3.8) is 0 Å². The molecule has 0 saturated heterocycles. The molecule has 6 heteroatoms. The average Bonchev–Trinajstić information content (AvgIpc) is 3.21. The van der Waals surface area contributed by atoms with Gasteiger partial charge in [-0.3, -0.25) is 0 Å². The third kappa shape index (κ3) is 6.52. The number of nitrogens with zero attached hydrogens (tertiary/aromatic N) is 1. The van der Waals surface area contributed by atoms with Gasteiger partial charge < -0.3 is 24.8 Å². The Morgan fingerprint density at radius 2 is 1.70 bits per heavy atom. The molecule has 2 rings (SSSR count). The number of rotatable bonds is 10. The van der Waals surface area contributed by atoms with Crippen LogP contribution in [0.4, 0.5) is 0 Å². The Morgan fingerprint density at radius 1 is 1.04 bits per heavy atom. The molecule has 0 bridgehead atoms. The zero-order valence-corrected chi connectivity index (χ0v) is 17.3. The molecular formula is C21H35N3O3. The molecule has 6 nitrogen and oxygen atoms in total. The van der Waals surface area contributed by atoms with E-state index < -0.39 is 0 Å². The fourth-order valence-electron chi connectivity index (χ4n) is 3.64. The smallest absolute Gasteiger partial charge is 0.203 e. The fourth-order valence-corrected chi connectivity index (χ4v) is 3.64. The van der Waals surface area contributed by atoms with E-state index in [4.69, 9.17) is 19.2 Å². The Bertz CT molecular complexity index is 573. The van der Waals surface area contributed by atoms with Crippen molar-refractivity contribution in [1.29, 1.82) is 0 Å². The SMILES string of the molecule is CCNC(=NCc1cc(OC)c(OC)c(OC)c1)NCCCC1CCCC1. The molecule has 1 fully saturated rings. The summed E-state index contributed by atoms with van der Waals surface area (Å²) in [6.45, 7) is 4.41. The van der Waals surface area contributed by atoms with Crippen LogP contribution >= 0.6 is 0 Å². The molecular weight excluding hydrogens is 342 g/mol. The summed E-state index contributed by atoms with van der Waals surface area (Å²) in [5, 5.41) is 6.76. The van der Waals surface area contributed by atoms with Crippen molar-refractivity contribution in [3.8, 4) is 17.2 Å². The number of nitrogens with one attached hydrogen (secondary N) is 2. The van der Waals surface area contributed by atoms with Gasteiger partial charge in [-0.1, -0.05) is 25.7 Å². The van der Waals surface area contributed by atoms with E-state index in [2.05, 4.69) is 17.6 Å². The van der Waals surface area contributed by atoms with Gasteiger partial charge in [0.2, 0.25) is 5.75 Å². The molecule has 0 radical (unpaired) electrons. The Kier molecular flexibility index (Phi) is 9.08. The van der Waals surface area contributed by atoms with Crippen molar-refractivity contribution in [2.24, 2.45) is 10.9 Å². The number of guanidine groups is 1. The van der Waals surface area contributed by atoms with Gasteiger partial charge in [-0.05, 0) is 43.4 Å². The molecule has 0 unspecified atom stereocenters. The number of benzene rings is 1. The van der Waals surface area contributed by atoms with E-state index in [1.807, 2.05) is 12.1 Å².